The summed E-state index contributed by atoms with van der Waals surface area (Å²) in [4.78, 5) is 50.9. The van der Waals surface area contributed by atoms with Gasteiger partial charge in [0.05, 0.1) is 83.4 Å². The summed E-state index contributed by atoms with van der Waals surface area (Å²) in [5.74, 6) is 3.36. The highest BCUT2D eigenvalue weighted by atomic mass is 32.1. The number of rotatable bonds is 16. The zero-order valence-corrected chi connectivity index (χ0v) is 69.6. The zero-order valence-electron chi connectivity index (χ0n) is 68.8. The molecule has 128 heavy (non-hydrogen) atoms. The third-order valence-corrected chi connectivity index (χ3v) is 24.4. The minimum atomic E-state index is 0.560. The highest BCUT2D eigenvalue weighted by Crippen LogP contribution is 2.41. The molecule has 0 saturated carbocycles. The number of hydrogen-bond acceptors (Lipinski definition) is 12. The van der Waals surface area contributed by atoms with Crippen molar-refractivity contribution < 1.29 is 4.42 Å². The molecule has 0 saturated heterocycles. The molecule has 0 spiro atoms. The third kappa shape index (κ3) is 15.0. The van der Waals surface area contributed by atoms with Crippen LogP contribution in [0.3, 0.4) is 0 Å². The molecule has 600 valence electrons. The van der Waals surface area contributed by atoms with Crippen LogP contribution in [0.25, 0.3) is 234 Å². The summed E-state index contributed by atoms with van der Waals surface area (Å²) in [6.45, 7) is 0. The lowest BCUT2D eigenvalue weighted by atomic mass is 10.0. The fourth-order valence-electron chi connectivity index (χ4n) is 16.8. The Labute approximate surface area is 740 Å². The first kappa shape index (κ1) is 75.7. The van der Waals surface area contributed by atoms with Crippen molar-refractivity contribution in [3.8, 4) is 180 Å². The van der Waals surface area contributed by atoms with Gasteiger partial charge in [-0.2, -0.15) is 4.98 Å². The summed E-state index contributed by atoms with van der Waals surface area (Å²) >= 11 is 1.72. The van der Waals surface area contributed by atoms with E-state index in [1.807, 2.05) is 176 Å². The number of aromatic nitrogens is 12. The van der Waals surface area contributed by atoms with Crippen LogP contribution < -0.4 is 0 Å². The Morgan fingerprint density at radius 3 is 0.719 bits per heavy atom. The van der Waals surface area contributed by atoms with Gasteiger partial charge in [-0.25, -0.2) is 44.9 Å². The van der Waals surface area contributed by atoms with E-state index in [1.54, 1.807) is 11.3 Å². The molecule has 0 aliphatic carbocycles. The van der Waals surface area contributed by atoms with E-state index in [9.17, 15) is 0 Å². The van der Waals surface area contributed by atoms with Gasteiger partial charge in [0.25, 0.3) is 0 Å². The standard InChI is InChI=1S/C57H36N6O.C57H36N6S/c2*1-5-13-39(14-6-1)48-35-50(60-55(58-48)43-17-9-3-10-18-43)41-25-21-37(22-26-41)45-29-31-47-52(33-45)63-53-34-46(30-32-54(53)64-57(63)62-47)38-23-27-42(28-24-38)51-36-49(40-15-7-2-8-16-40)59-56(61-51)44-19-11-4-12-20-44/h2*1-36H. The molecule has 0 bridgehead atoms. The number of nitrogens with zero attached hydrogens (tertiary/aromatic N) is 12. The average Bonchev–Trinajstić information content (AvgIpc) is 1.52. The fraction of sp³-hybridized carbons (Fsp3) is 0. The number of imidazole rings is 2. The summed E-state index contributed by atoms with van der Waals surface area (Å²) in [5.41, 5.74) is 34.9. The number of oxazole rings is 1. The molecule has 0 aliphatic heterocycles. The van der Waals surface area contributed by atoms with E-state index < -0.39 is 0 Å². The Bertz CT molecular complexity index is 7030. The molecule has 0 atom stereocenters. The van der Waals surface area contributed by atoms with Crippen LogP contribution in [-0.2, 0) is 0 Å². The van der Waals surface area contributed by atoms with Crippen LogP contribution >= 0.6 is 11.3 Å². The predicted molar refractivity (Wildman–Crippen MR) is 520 cm³/mol. The molecule has 16 aromatic carbocycles. The van der Waals surface area contributed by atoms with Crippen LogP contribution in [0.5, 0.6) is 0 Å². The van der Waals surface area contributed by atoms with Crippen LogP contribution in [-0.4, -0.2) is 58.6 Å². The minimum Gasteiger partial charge on any atom is -0.423 e. The average molecular weight is 1660 g/mol. The van der Waals surface area contributed by atoms with Gasteiger partial charge < -0.3 is 4.42 Å². The van der Waals surface area contributed by atoms with Crippen molar-refractivity contribution in [2.45, 2.75) is 0 Å². The largest absolute Gasteiger partial charge is 0.423 e. The molecule has 0 aliphatic rings. The Morgan fingerprint density at radius 1 is 0.172 bits per heavy atom. The molecule has 8 heterocycles. The summed E-state index contributed by atoms with van der Waals surface area (Å²) in [6, 6.07) is 151. The topological polar surface area (TPSA) is 151 Å². The molecule has 0 N–H and O–H groups in total. The Kier molecular flexibility index (Phi) is 19.5. The molecule has 0 amide bonds. The minimum absolute atomic E-state index is 0.560. The van der Waals surface area contributed by atoms with E-state index in [-0.39, 0.29) is 0 Å². The van der Waals surface area contributed by atoms with E-state index in [2.05, 4.69) is 270 Å². The quantitative estimate of drug-likeness (QED) is 0.0909. The van der Waals surface area contributed by atoms with Gasteiger partial charge in [-0.15, -0.1) is 0 Å². The molecular weight excluding hydrogens is 1590 g/mol. The second-order valence-corrected chi connectivity index (χ2v) is 32.5. The van der Waals surface area contributed by atoms with Gasteiger partial charge in [-0.05, 0) is 117 Å². The van der Waals surface area contributed by atoms with Crippen molar-refractivity contribution >= 4 is 65.5 Å². The van der Waals surface area contributed by atoms with Gasteiger partial charge >= 0.3 is 5.84 Å². The van der Waals surface area contributed by atoms with Gasteiger partial charge in [0.2, 0.25) is 0 Å². The smallest absolute Gasteiger partial charge is 0.307 e. The van der Waals surface area contributed by atoms with Crippen molar-refractivity contribution in [3.05, 3.63) is 437 Å². The normalized spacial score (nSPS) is 11.4. The Morgan fingerprint density at radius 2 is 0.406 bits per heavy atom. The van der Waals surface area contributed by atoms with Crippen LogP contribution in [0.2, 0.25) is 0 Å². The fourth-order valence-corrected chi connectivity index (χ4v) is 17.8. The lowest BCUT2D eigenvalue weighted by molar-refractivity contribution is 0.643. The van der Waals surface area contributed by atoms with Crippen molar-refractivity contribution in [3.63, 3.8) is 0 Å². The predicted octanol–water partition coefficient (Wildman–Crippen LogP) is 28.8. The van der Waals surface area contributed by atoms with Gasteiger partial charge in [0.1, 0.15) is 0 Å². The van der Waals surface area contributed by atoms with E-state index >= 15 is 0 Å². The van der Waals surface area contributed by atoms with Crippen molar-refractivity contribution in [1.82, 2.24) is 58.6 Å². The van der Waals surface area contributed by atoms with Crippen LogP contribution in [0.4, 0.5) is 0 Å². The number of thiazole rings is 1. The summed E-state index contributed by atoms with van der Waals surface area (Å²) < 4.78 is 11.9. The maximum Gasteiger partial charge on any atom is 0.307 e. The van der Waals surface area contributed by atoms with Crippen molar-refractivity contribution in [2.75, 3.05) is 0 Å². The molecular formula is C114H72N12OS. The van der Waals surface area contributed by atoms with Crippen molar-refractivity contribution in [2.24, 2.45) is 0 Å². The Hall–Kier alpha value is -17.2. The molecule has 24 aromatic rings. The highest BCUT2D eigenvalue weighted by molar-refractivity contribution is 7.23. The first-order valence-corrected chi connectivity index (χ1v) is 43.3. The first-order valence-electron chi connectivity index (χ1n) is 42.5. The SMILES string of the molecule is c1ccc(-c2cc(-c3ccc(-c4ccc5nc6oc7ccc(-c8ccc(-c9cc(-c%10ccccc%10)nc(-c%10ccccc%10)n9)cc8)cc7n6c5c4)cc3)nc(-c3ccccc3)n2)cc1.c1ccc(-c2cc(-c3ccc(-c4ccc5nc6sc7ccc(-c8ccc(-c9cc(-c%10ccccc%10)nc(-c%10ccccc%10)n9)cc8)cc7n6c5c4)cc3)nc(-c3ccccc3)n2)cc1. The monoisotopic (exact) mass is 1660 g/mol. The lowest BCUT2D eigenvalue weighted by Gasteiger charge is -2.10. The highest BCUT2D eigenvalue weighted by Gasteiger charge is 2.22. The van der Waals surface area contributed by atoms with E-state index in [4.69, 9.17) is 54.3 Å². The molecule has 14 heteroatoms. The van der Waals surface area contributed by atoms with E-state index in [0.29, 0.717) is 29.1 Å². The summed E-state index contributed by atoms with van der Waals surface area (Å²) in [6.07, 6.45) is 0. The van der Waals surface area contributed by atoms with Crippen LogP contribution in [0.15, 0.2) is 441 Å². The van der Waals surface area contributed by atoms with E-state index in [1.165, 1.54) is 4.70 Å². The van der Waals surface area contributed by atoms with Gasteiger partial charge in [-0.3, -0.25) is 8.80 Å². The summed E-state index contributed by atoms with van der Waals surface area (Å²) in [5, 5.41) is 0. The zero-order chi connectivity index (χ0) is 84.8. The van der Waals surface area contributed by atoms with Crippen LogP contribution in [0.1, 0.15) is 0 Å². The van der Waals surface area contributed by atoms with Gasteiger partial charge in [0.15, 0.2) is 33.8 Å². The maximum absolute atomic E-state index is 6.32. The molecule has 0 radical (unpaired) electrons. The molecule has 0 unspecified atom stereocenters. The van der Waals surface area contributed by atoms with E-state index in [0.717, 1.165) is 200 Å². The van der Waals surface area contributed by atoms with Crippen LogP contribution in [0, 0.1) is 0 Å². The second kappa shape index (κ2) is 32.9. The van der Waals surface area contributed by atoms with Crippen molar-refractivity contribution in [1.29, 1.82) is 0 Å². The molecule has 0 fully saturated rings. The molecule has 24 rings (SSSR count). The Balaban J connectivity index is 0.000000146. The number of hydrogen-bond donors (Lipinski definition) is 0. The maximum atomic E-state index is 6.32. The lowest BCUT2D eigenvalue weighted by Crippen LogP contribution is -1.95. The van der Waals surface area contributed by atoms with Gasteiger partial charge in [-0.1, -0.05) is 375 Å². The second-order valence-electron chi connectivity index (χ2n) is 31.5. The summed E-state index contributed by atoms with van der Waals surface area (Å²) in [7, 11) is 0. The molecule has 8 aromatic heterocycles. The van der Waals surface area contributed by atoms with Gasteiger partial charge in [0, 0.05) is 66.8 Å². The number of benzene rings is 16. The third-order valence-electron chi connectivity index (χ3n) is 23.4. The molecule has 13 nitrogen and oxygen atoms in total. The first-order chi connectivity index (χ1) is 63.3. The number of fused-ring (bicyclic) bond motifs is 10.